The van der Waals surface area contributed by atoms with Crippen LogP contribution in [0.15, 0.2) is 113 Å². The first-order valence-corrected chi connectivity index (χ1v) is 12.7. The molecule has 0 radical (unpaired) electrons. The molecule has 5 rings (SSSR count). The number of halogens is 1. The van der Waals surface area contributed by atoms with Crippen LogP contribution < -0.4 is 11.2 Å². The summed E-state index contributed by atoms with van der Waals surface area (Å²) in [6.45, 7) is 0. The van der Waals surface area contributed by atoms with Gasteiger partial charge in [-0.25, -0.2) is 4.79 Å². The number of ether oxygens (including phenoxy) is 1. The van der Waals surface area contributed by atoms with Crippen LogP contribution in [0.4, 0.5) is 0 Å². The lowest BCUT2D eigenvalue weighted by Crippen LogP contribution is -2.50. The van der Waals surface area contributed by atoms with Crippen molar-refractivity contribution in [1.29, 1.82) is 0 Å². The molecule has 2 heterocycles. The molecule has 0 aliphatic carbocycles. The molecule has 7 heteroatoms. The molecule has 1 aliphatic heterocycles. The van der Waals surface area contributed by atoms with Crippen molar-refractivity contribution in [3.05, 3.63) is 141 Å². The predicted octanol–water partition coefficient (Wildman–Crippen LogP) is 4.02. The molecule has 1 aromatic heterocycles. The highest BCUT2D eigenvalue weighted by Crippen LogP contribution is 2.47. The maximum Gasteiger partial charge on any atom is 0.330 e. The highest BCUT2D eigenvalue weighted by Gasteiger charge is 2.51. The molecule has 35 heavy (non-hydrogen) atoms. The molecule has 1 fully saturated rings. The number of aromatic amines is 1. The van der Waals surface area contributed by atoms with Crippen LogP contribution in [-0.2, 0) is 10.2 Å². The number of aliphatic hydroxyl groups excluding tert-OH is 1. The topological polar surface area (TPSA) is 84.3 Å². The van der Waals surface area contributed by atoms with Crippen LogP contribution in [0.2, 0.25) is 0 Å². The van der Waals surface area contributed by atoms with E-state index < -0.39 is 35.1 Å². The van der Waals surface area contributed by atoms with Crippen molar-refractivity contribution in [1.82, 2.24) is 9.55 Å². The summed E-state index contributed by atoms with van der Waals surface area (Å²) in [6.07, 6.45) is -0.188. The number of alkyl halides is 1. The van der Waals surface area contributed by atoms with Gasteiger partial charge in [-0.15, -0.1) is 0 Å². The minimum Gasteiger partial charge on any atom is -0.389 e. The lowest BCUT2D eigenvalue weighted by atomic mass is 9.64. The normalized spacial score (nSPS) is 21.0. The molecule has 0 bridgehead atoms. The Morgan fingerprint density at radius 3 is 1.80 bits per heavy atom. The van der Waals surface area contributed by atoms with Crippen molar-refractivity contribution in [3.8, 4) is 0 Å². The predicted molar refractivity (Wildman–Crippen MR) is 143 cm³/mol. The Kier molecular flexibility index (Phi) is 6.73. The van der Waals surface area contributed by atoms with Gasteiger partial charge >= 0.3 is 5.69 Å². The number of aliphatic hydroxyl groups is 1. The molecule has 1 aliphatic rings. The lowest BCUT2D eigenvalue weighted by Gasteiger charge is -2.42. The first kappa shape index (κ1) is 23.7. The van der Waals surface area contributed by atoms with Crippen molar-refractivity contribution < 1.29 is 9.84 Å². The fourth-order valence-corrected chi connectivity index (χ4v) is 6.11. The molecule has 178 valence electrons. The summed E-state index contributed by atoms with van der Waals surface area (Å²) in [5.74, 6) is 0. The minimum atomic E-state index is -0.972. The van der Waals surface area contributed by atoms with Crippen LogP contribution >= 0.6 is 22.6 Å². The van der Waals surface area contributed by atoms with E-state index in [-0.39, 0.29) is 3.92 Å². The van der Waals surface area contributed by atoms with Crippen LogP contribution in [0.25, 0.3) is 0 Å². The number of aromatic nitrogens is 2. The second kappa shape index (κ2) is 9.93. The lowest BCUT2D eigenvalue weighted by molar-refractivity contribution is -0.0737. The van der Waals surface area contributed by atoms with Crippen molar-refractivity contribution in [2.75, 3.05) is 0 Å². The van der Waals surface area contributed by atoms with E-state index in [1.807, 2.05) is 91.0 Å². The number of nitrogens with zero attached hydrogens (tertiary/aromatic N) is 1. The average molecular weight is 580 g/mol. The average Bonchev–Trinajstić information content (AvgIpc) is 3.27. The van der Waals surface area contributed by atoms with Crippen LogP contribution in [0.5, 0.6) is 0 Å². The third kappa shape index (κ3) is 4.28. The summed E-state index contributed by atoms with van der Waals surface area (Å²) in [4.78, 5) is 26.3. The van der Waals surface area contributed by atoms with Gasteiger partial charge in [0.25, 0.3) is 5.56 Å². The number of hydrogen-bond acceptors (Lipinski definition) is 4. The maximum absolute atomic E-state index is 12.4. The molecule has 1 saturated heterocycles. The van der Waals surface area contributed by atoms with E-state index in [4.69, 9.17) is 4.74 Å². The van der Waals surface area contributed by atoms with Gasteiger partial charge < -0.3 is 9.84 Å². The standard InChI is InChI=1S/C28H25IN2O4/c29-22-18-24(31-17-16-23(32)30-27(31)34)35-25(22)26(33)28(19-10-4-1-5-11-19,20-12-6-2-7-13-20)21-14-8-3-9-15-21/h1-17,22,24-26,33H,18H2,(H,30,32,34)/t22?,24-,25+,26?/m1/s1. The Hall–Kier alpha value is -3.01. The summed E-state index contributed by atoms with van der Waals surface area (Å²) in [6, 6.07) is 31.2. The number of rotatable bonds is 6. The SMILES string of the molecule is O=c1ccn([C@H]2CC(I)[C@@H](C(O)C(c3ccccc3)(c3ccccc3)c3ccccc3)O2)c(=O)[nH]1. The molecule has 2 N–H and O–H groups in total. The molecule has 0 saturated carbocycles. The first-order chi connectivity index (χ1) is 17.0. The Labute approximate surface area is 216 Å². The zero-order valence-corrected chi connectivity index (χ0v) is 21.0. The van der Waals surface area contributed by atoms with Gasteiger partial charge in [0.05, 0.1) is 17.6 Å². The first-order valence-electron chi connectivity index (χ1n) is 11.5. The van der Waals surface area contributed by atoms with Gasteiger partial charge in [0.2, 0.25) is 0 Å². The highest BCUT2D eigenvalue weighted by molar-refractivity contribution is 14.1. The molecule has 2 unspecified atom stereocenters. The van der Waals surface area contributed by atoms with Crippen molar-refractivity contribution >= 4 is 22.6 Å². The van der Waals surface area contributed by atoms with Crippen LogP contribution in [0, 0.1) is 0 Å². The van der Waals surface area contributed by atoms with Gasteiger partial charge in [-0.3, -0.25) is 14.3 Å². The van der Waals surface area contributed by atoms with Crippen molar-refractivity contribution in [2.45, 2.75) is 34.2 Å². The largest absolute Gasteiger partial charge is 0.389 e. The van der Waals surface area contributed by atoms with Gasteiger partial charge in [-0.1, -0.05) is 114 Å². The molecule has 4 atom stereocenters. The zero-order chi connectivity index (χ0) is 24.4. The van der Waals surface area contributed by atoms with Gasteiger partial charge in [0.1, 0.15) is 6.23 Å². The van der Waals surface area contributed by atoms with E-state index in [1.54, 1.807) is 0 Å². The number of H-pyrrole nitrogens is 1. The molecule has 3 aromatic carbocycles. The molecule has 0 amide bonds. The van der Waals surface area contributed by atoms with E-state index in [0.29, 0.717) is 6.42 Å². The Bertz CT molecular complexity index is 1290. The van der Waals surface area contributed by atoms with Crippen molar-refractivity contribution in [2.24, 2.45) is 0 Å². The summed E-state index contributed by atoms with van der Waals surface area (Å²) >= 11 is 2.30. The monoisotopic (exact) mass is 580 g/mol. The van der Waals surface area contributed by atoms with Crippen LogP contribution in [0.3, 0.4) is 0 Å². The second-order valence-corrected chi connectivity index (χ2v) is 10.3. The van der Waals surface area contributed by atoms with Gasteiger partial charge in [-0.2, -0.15) is 0 Å². The summed E-state index contributed by atoms with van der Waals surface area (Å²) in [5.41, 5.74) is 0.943. The Balaban J connectivity index is 1.66. The molecule has 4 aromatic rings. The second-order valence-electron chi connectivity index (χ2n) is 8.68. The minimum absolute atomic E-state index is 0.0815. The summed E-state index contributed by atoms with van der Waals surface area (Å²) in [5, 5.41) is 12.3. The fraction of sp³-hybridized carbons (Fsp3) is 0.214. The smallest absolute Gasteiger partial charge is 0.330 e. The maximum atomic E-state index is 12.4. The van der Waals surface area contributed by atoms with Crippen molar-refractivity contribution in [3.63, 3.8) is 0 Å². The van der Waals surface area contributed by atoms with Crippen LogP contribution in [0.1, 0.15) is 29.3 Å². The van der Waals surface area contributed by atoms with E-state index in [2.05, 4.69) is 27.6 Å². The molecule has 0 spiro atoms. The van der Waals surface area contributed by atoms with Gasteiger partial charge in [0, 0.05) is 22.6 Å². The molecule has 6 nitrogen and oxygen atoms in total. The summed E-state index contributed by atoms with van der Waals surface area (Å²) < 4.78 is 7.70. The number of hydrogen-bond donors (Lipinski definition) is 2. The van der Waals surface area contributed by atoms with E-state index in [1.165, 1.54) is 16.8 Å². The molecular weight excluding hydrogens is 555 g/mol. The van der Waals surface area contributed by atoms with E-state index in [9.17, 15) is 14.7 Å². The zero-order valence-electron chi connectivity index (χ0n) is 18.8. The highest BCUT2D eigenvalue weighted by atomic mass is 127. The van der Waals surface area contributed by atoms with Gasteiger partial charge in [-0.05, 0) is 16.7 Å². The quantitative estimate of drug-likeness (QED) is 0.205. The third-order valence-corrected chi connectivity index (χ3v) is 7.92. The van der Waals surface area contributed by atoms with Crippen LogP contribution in [-0.4, -0.2) is 30.8 Å². The Morgan fingerprint density at radius 1 is 0.857 bits per heavy atom. The third-order valence-electron chi connectivity index (χ3n) is 6.70. The Morgan fingerprint density at radius 2 is 1.34 bits per heavy atom. The van der Waals surface area contributed by atoms with E-state index in [0.717, 1.165) is 16.7 Å². The summed E-state index contributed by atoms with van der Waals surface area (Å²) in [7, 11) is 0. The number of nitrogens with one attached hydrogen (secondary N) is 1. The fourth-order valence-electron chi connectivity index (χ4n) is 5.12. The van der Waals surface area contributed by atoms with Gasteiger partial charge in [0.15, 0.2) is 0 Å². The van der Waals surface area contributed by atoms with E-state index >= 15 is 0 Å². The molecular formula is C28H25IN2O4. The number of benzene rings is 3.